The molecule has 0 fully saturated rings. The van der Waals surface area contributed by atoms with Crippen LogP contribution in [0.4, 0.5) is 0 Å². The van der Waals surface area contributed by atoms with E-state index in [2.05, 4.69) is 0 Å². The topological polar surface area (TPSA) is 208 Å². The molecule has 0 N–H and O–H groups in total. The summed E-state index contributed by atoms with van der Waals surface area (Å²) < 4.78 is 76.7. The van der Waals surface area contributed by atoms with Crippen molar-refractivity contribution in [3.63, 3.8) is 0 Å². The van der Waals surface area contributed by atoms with Crippen LogP contribution in [0.25, 0.3) is 0 Å². The first-order valence-corrected chi connectivity index (χ1v) is 7.22. The van der Waals surface area contributed by atoms with E-state index < -0.39 is 44.4 Å². The fraction of sp³-hybridized carbons (Fsp3) is 0. The molecular formula is Br3O9Tb. The Kier molecular flexibility index (Phi) is 37.5. The van der Waals surface area contributed by atoms with Gasteiger partial charge in [-0.1, -0.05) is 0 Å². The molecule has 9 nitrogen and oxygen atoms in total. The van der Waals surface area contributed by atoms with E-state index in [1.54, 1.807) is 0 Å². The maximum absolute atomic E-state index is 8.52. The molecule has 0 aromatic heterocycles. The van der Waals surface area contributed by atoms with Crippen LogP contribution in [0.15, 0.2) is 0 Å². The molecule has 0 aromatic rings. The smallest absolute Gasteiger partial charge is 0.405 e. The summed E-state index contributed by atoms with van der Waals surface area (Å²) in [7, 11) is 0. The Morgan fingerprint density at radius 1 is 0.385 bits per heavy atom. The van der Waals surface area contributed by atoms with Crippen molar-refractivity contribution < 1.29 is 121 Å². The van der Waals surface area contributed by atoms with Crippen molar-refractivity contribution in [2.45, 2.75) is 0 Å². The fourth-order valence-corrected chi connectivity index (χ4v) is 0. The van der Waals surface area contributed by atoms with Crippen LogP contribution in [0.2, 0.25) is 0 Å². The Balaban J connectivity index is -0.0000000450. The Morgan fingerprint density at radius 3 is 0.385 bits per heavy atom. The summed E-state index contributed by atoms with van der Waals surface area (Å²) >= 11 is -10.9. The van der Waals surface area contributed by atoms with Crippen molar-refractivity contribution in [1.29, 1.82) is 0 Å². The SMILES string of the molecule is [O-][Br+2]([O-])[O-].[O-][Br+2]([O-])[O-].[O-][Br+2]([O-])[O-].[Tb+3]. The molecule has 0 saturated heterocycles. The van der Waals surface area contributed by atoms with Crippen molar-refractivity contribution in [2.24, 2.45) is 0 Å². The standard InChI is InChI=1S/3BrO3.Tb/c3*2-1(3)4;/q3*-1;+3. The van der Waals surface area contributed by atoms with Crippen LogP contribution in [-0.4, -0.2) is 0 Å². The van der Waals surface area contributed by atoms with Crippen molar-refractivity contribution in [1.82, 2.24) is 0 Å². The number of hydrogen-bond donors (Lipinski definition) is 0. The maximum atomic E-state index is 8.52. The van der Waals surface area contributed by atoms with Gasteiger partial charge in [-0.25, -0.2) is 0 Å². The zero-order valence-corrected chi connectivity index (χ0v) is 12.0. The van der Waals surface area contributed by atoms with E-state index in [1.807, 2.05) is 0 Å². The second kappa shape index (κ2) is 19.9. The molecule has 0 unspecified atom stereocenters. The van der Waals surface area contributed by atoms with E-state index in [9.17, 15) is 0 Å². The molecule has 0 aliphatic carbocycles. The predicted octanol–water partition coefficient (Wildman–Crippen LogP) is -10.7. The molecule has 0 aliphatic rings. The molecular weight excluding hydrogens is 543 g/mol. The summed E-state index contributed by atoms with van der Waals surface area (Å²) in [5.41, 5.74) is 0. The zero-order valence-electron chi connectivity index (χ0n) is 5.14. The molecule has 0 aromatic carbocycles. The van der Waals surface area contributed by atoms with Crippen molar-refractivity contribution >= 4 is 0 Å². The third-order valence-electron chi connectivity index (χ3n) is 0. The van der Waals surface area contributed by atoms with Gasteiger partial charge in [0.1, 0.15) is 0 Å². The number of halogens is 3. The van der Waals surface area contributed by atoms with Crippen LogP contribution in [0.1, 0.15) is 0 Å². The molecule has 0 amide bonds. The Labute approximate surface area is 119 Å². The zero-order chi connectivity index (χ0) is 10.7. The summed E-state index contributed by atoms with van der Waals surface area (Å²) in [6.45, 7) is 0. The predicted molar refractivity (Wildman–Crippen MR) is 0 cm³/mol. The second-order valence-corrected chi connectivity index (χ2v) is 2.95. The van der Waals surface area contributed by atoms with Gasteiger partial charge in [0.05, 0.1) is 0 Å². The van der Waals surface area contributed by atoms with Gasteiger partial charge in [-0.15, -0.1) is 0 Å². The van der Waals surface area contributed by atoms with Crippen molar-refractivity contribution in [2.75, 3.05) is 0 Å². The van der Waals surface area contributed by atoms with Crippen LogP contribution in [0.5, 0.6) is 0 Å². The summed E-state index contributed by atoms with van der Waals surface area (Å²) in [6, 6.07) is 0. The van der Waals surface area contributed by atoms with Gasteiger partial charge in [0.2, 0.25) is 44.4 Å². The minimum absolute atomic E-state index is 0. The summed E-state index contributed by atoms with van der Waals surface area (Å²) in [5.74, 6) is 0. The van der Waals surface area contributed by atoms with E-state index in [0.29, 0.717) is 0 Å². The normalized spacial score (nSPS) is 8.31. The van der Waals surface area contributed by atoms with Gasteiger partial charge in [0.15, 0.2) is 0 Å². The quantitative estimate of drug-likeness (QED) is 0.284. The largest absolute Gasteiger partial charge is 3.00 e. The monoisotopic (exact) mass is 540 g/mol. The van der Waals surface area contributed by atoms with Crippen LogP contribution < -0.4 is 37.8 Å². The molecule has 0 bridgehead atoms. The molecule has 0 rings (SSSR count). The Morgan fingerprint density at radius 2 is 0.385 bits per heavy atom. The molecule has 13 heavy (non-hydrogen) atoms. The summed E-state index contributed by atoms with van der Waals surface area (Å²) in [6.07, 6.45) is 0. The second-order valence-electron chi connectivity index (χ2n) is 0.567. The molecule has 0 spiro atoms. The van der Waals surface area contributed by atoms with Gasteiger partial charge < -0.3 is 37.8 Å². The van der Waals surface area contributed by atoms with Gasteiger partial charge in [-0.05, 0) is 0 Å². The molecule has 13 heteroatoms. The minimum atomic E-state index is -3.65. The van der Waals surface area contributed by atoms with E-state index in [0.717, 1.165) is 0 Å². The molecule has 0 atom stereocenters. The molecule has 0 saturated carbocycles. The Bertz CT molecular complexity index is 43.4. The van der Waals surface area contributed by atoms with Gasteiger partial charge in [-0.3, -0.25) is 0 Å². The van der Waals surface area contributed by atoms with Crippen LogP contribution in [-0.2, 0) is 0 Å². The third kappa shape index (κ3) is 393. The van der Waals surface area contributed by atoms with E-state index >= 15 is 0 Å². The van der Waals surface area contributed by atoms with Crippen molar-refractivity contribution in [3.8, 4) is 0 Å². The Hall–Kier alpha value is 2.37. The number of hydrogen-bond acceptors (Lipinski definition) is 9. The van der Waals surface area contributed by atoms with Crippen LogP contribution >= 0.6 is 0 Å². The summed E-state index contributed by atoms with van der Waals surface area (Å²) in [5, 5.41) is 0. The van der Waals surface area contributed by atoms with Crippen LogP contribution in [0, 0.1) is 83.0 Å². The van der Waals surface area contributed by atoms with Gasteiger partial charge in [0.25, 0.3) is 0 Å². The van der Waals surface area contributed by atoms with Crippen molar-refractivity contribution in [3.05, 3.63) is 0 Å². The van der Waals surface area contributed by atoms with Gasteiger partial charge >= 0.3 is 38.6 Å². The van der Waals surface area contributed by atoms with E-state index in [-0.39, 0.29) is 38.6 Å². The minimum Gasteiger partial charge on any atom is -0.405 e. The molecule has 0 heterocycles. The average Bonchev–Trinajstić information content (AvgIpc) is 1.54. The molecule has 0 radical (unpaired) electrons. The van der Waals surface area contributed by atoms with Crippen LogP contribution in [0.3, 0.4) is 0 Å². The van der Waals surface area contributed by atoms with Gasteiger partial charge in [-0.2, -0.15) is 0 Å². The first-order valence-electron chi connectivity index (χ1n) is 1.39. The molecule has 84 valence electrons. The fourth-order valence-electron chi connectivity index (χ4n) is 0. The maximum Gasteiger partial charge on any atom is 3.00 e. The average molecular weight is 543 g/mol. The van der Waals surface area contributed by atoms with Gasteiger partial charge in [0, 0.05) is 0 Å². The first kappa shape index (κ1) is 24.5. The number of rotatable bonds is 0. The third-order valence-corrected chi connectivity index (χ3v) is 0. The first-order chi connectivity index (χ1) is 5.20. The summed E-state index contributed by atoms with van der Waals surface area (Å²) in [4.78, 5) is 0. The van der Waals surface area contributed by atoms with E-state index in [4.69, 9.17) is 37.8 Å². The van der Waals surface area contributed by atoms with E-state index in [1.165, 1.54) is 0 Å². The molecule has 0 aliphatic heterocycles.